The van der Waals surface area contributed by atoms with E-state index in [4.69, 9.17) is 15.9 Å². The molecule has 26 heavy (non-hydrogen) atoms. The predicted molar refractivity (Wildman–Crippen MR) is 106 cm³/mol. The van der Waals surface area contributed by atoms with Crippen LogP contribution in [0.4, 0.5) is 0 Å². The first kappa shape index (κ1) is 17.8. The van der Waals surface area contributed by atoms with Crippen LogP contribution in [0.2, 0.25) is 0 Å². The standard InChI is InChI=1S/C21H22N4O/c22-12-4-5-17-13-16(8-10-20(17)25-15-23)18-9-11-21(24-14-18)26-19-6-2-1-3-7-19/h1-9,11,14-15,17,23H,10,12-13,22H2/b5-4+,23-15?,25-20?. The summed E-state index contributed by atoms with van der Waals surface area (Å²) in [5, 5.41) is 7.23. The van der Waals surface area contributed by atoms with Gasteiger partial charge in [0.25, 0.3) is 0 Å². The zero-order valence-electron chi connectivity index (χ0n) is 14.5. The van der Waals surface area contributed by atoms with E-state index in [1.165, 1.54) is 5.57 Å². The summed E-state index contributed by atoms with van der Waals surface area (Å²) in [7, 11) is 0. The predicted octanol–water partition coefficient (Wildman–Crippen LogP) is 4.23. The molecule has 0 bridgehead atoms. The van der Waals surface area contributed by atoms with Crippen molar-refractivity contribution in [3.8, 4) is 11.6 Å². The minimum absolute atomic E-state index is 0.167. The summed E-state index contributed by atoms with van der Waals surface area (Å²) < 4.78 is 5.74. The van der Waals surface area contributed by atoms with Gasteiger partial charge >= 0.3 is 0 Å². The van der Waals surface area contributed by atoms with E-state index < -0.39 is 0 Å². The molecule has 0 saturated carbocycles. The Bertz CT molecular complexity index is 823. The van der Waals surface area contributed by atoms with Gasteiger partial charge < -0.3 is 10.5 Å². The van der Waals surface area contributed by atoms with Crippen molar-refractivity contribution in [3.63, 3.8) is 0 Å². The van der Waals surface area contributed by atoms with Crippen LogP contribution in [0.5, 0.6) is 11.6 Å². The number of aromatic nitrogens is 1. The molecule has 5 nitrogen and oxygen atoms in total. The van der Waals surface area contributed by atoms with Gasteiger partial charge in [-0.1, -0.05) is 36.4 Å². The number of benzene rings is 1. The number of nitrogens with zero attached hydrogens (tertiary/aromatic N) is 2. The average molecular weight is 346 g/mol. The van der Waals surface area contributed by atoms with Crippen molar-refractivity contribution in [2.24, 2.45) is 16.6 Å². The van der Waals surface area contributed by atoms with Crippen molar-refractivity contribution in [2.75, 3.05) is 6.54 Å². The number of nitrogens with one attached hydrogen (secondary N) is 1. The second-order valence-corrected chi connectivity index (χ2v) is 5.96. The zero-order valence-corrected chi connectivity index (χ0v) is 14.5. The van der Waals surface area contributed by atoms with Crippen LogP contribution in [-0.4, -0.2) is 23.6 Å². The number of nitrogens with two attached hydrogens (primary N) is 1. The Morgan fingerprint density at radius 2 is 2.08 bits per heavy atom. The molecule has 1 aromatic carbocycles. The van der Waals surface area contributed by atoms with Crippen LogP contribution in [0.3, 0.4) is 0 Å². The maximum atomic E-state index is 7.23. The van der Waals surface area contributed by atoms with Gasteiger partial charge in [-0.2, -0.15) is 0 Å². The van der Waals surface area contributed by atoms with E-state index in [9.17, 15) is 0 Å². The molecule has 0 fully saturated rings. The third-order valence-electron chi connectivity index (χ3n) is 4.23. The normalized spacial score (nSPS) is 18.7. The number of ether oxygens (including phenoxy) is 1. The van der Waals surface area contributed by atoms with Crippen LogP contribution < -0.4 is 10.5 Å². The summed E-state index contributed by atoms with van der Waals surface area (Å²) in [5.41, 5.74) is 8.87. The maximum Gasteiger partial charge on any atom is 0.219 e. The van der Waals surface area contributed by atoms with E-state index in [-0.39, 0.29) is 5.92 Å². The molecule has 1 atom stereocenters. The highest BCUT2D eigenvalue weighted by Gasteiger charge is 2.20. The van der Waals surface area contributed by atoms with Gasteiger partial charge in [0.15, 0.2) is 0 Å². The van der Waals surface area contributed by atoms with Gasteiger partial charge in [-0.15, -0.1) is 0 Å². The van der Waals surface area contributed by atoms with Gasteiger partial charge in [0.1, 0.15) is 12.1 Å². The topological polar surface area (TPSA) is 84.3 Å². The molecule has 1 heterocycles. The van der Waals surface area contributed by atoms with Crippen LogP contribution in [0.25, 0.3) is 5.57 Å². The lowest BCUT2D eigenvalue weighted by Gasteiger charge is -2.22. The highest BCUT2D eigenvalue weighted by molar-refractivity contribution is 5.98. The lowest BCUT2D eigenvalue weighted by Crippen LogP contribution is -2.17. The number of hydrogen-bond donors (Lipinski definition) is 2. The molecule has 0 aliphatic heterocycles. The first-order valence-corrected chi connectivity index (χ1v) is 8.60. The van der Waals surface area contributed by atoms with Crippen LogP contribution in [0.1, 0.15) is 18.4 Å². The minimum Gasteiger partial charge on any atom is -0.439 e. The Morgan fingerprint density at radius 3 is 2.77 bits per heavy atom. The Balaban J connectivity index is 1.75. The van der Waals surface area contributed by atoms with Crippen molar-refractivity contribution in [1.82, 2.24) is 4.98 Å². The van der Waals surface area contributed by atoms with E-state index in [1.54, 1.807) is 0 Å². The molecule has 3 rings (SSSR count). The maximum absolute atomic E-state index is 7.23. The van der Waals surface area contributed by atoms with E-state index in [0.717, 1.165) is 36.2 Å². The zero-order chi connectivity index (χ0) is 18.2. The van der Waals surface area contributed by atoms with Crippen LogP contribution in [0, 0.1) is 11.3 Å². The van der Waals surface area contributed by atoms with Crippen LogP contribution in [-0.2, 0) is 0 Å². The summed E-state index contributed by atoms with van der Waals surface area (Å²) in [6, 6.07) is 13.5. The molecule has 1 aliphatic carbocycles. The smallest absolute Gasteiger partial charge is 0.219 e. The summed E-state index contributed by atoms with van der Waals surface area (Å²) >= 11 is 0. The van der Waals surface area contributed by atoms with Gasteiger partial charge in [0.05, 0.1) is 0 Å². The first-order valence-electron chi connectivity index (χ1n) is 8.60. The third kappa shape index (κ3) is 4.52. The first-order chi connectivity index (χ1) is 12.8. The fraction of sp³-hybridized carbons (Fsp3) is 0.190. The van der Waals surface area contributed by atoms with Crippen LogP contribution in [0.15, 0.2) is 71.9 Å². The number of allylic oxidation sites excluding steroid dienone is 3. The van der Waals surface area contributed by atoms with Gasteiger partial charge in [-0.3, -0.25) is 5.41 Å². The van der Waals surface area contributed by atoms with Gasteiger partial charge in [-0.25, -0.2) is 9.98 Å². The summed E-state index contributed by atoms with van der Waals surface area (Å²) in [4.78, 5) is 8.62. The molecular weight excluding hydrogens is 324 g/mol. The molecule has 0 saturated heterocycles. The Morgan fingerprint density at radius 1 is 1.23 bits per heavy atom. The van der Waals surface area contributed by atoms with Gasteiger partial charge in [-0.05, 0) is 35.8 Å². The number of hydrogen-bond acceptors (Lipinski definition) is 4. The summed E-state index contributed by atoms with van der Waals surface area (Å²) in [5.74, 6) is 1.51. The highest BCUT2D eigenvalue weighted by atomic mass is 16.5. The monoisotopic (exact) mass is 346 g/mol. The molecule has 0 radical (unpaired) electrons. The van der Waals surface area contributed by atoms with Crippen molar-refractivity contribution in [2.45, 2.75) is 12.8 Å². The summed E-state index contributed by atoms with van der Waals surface area (Å²) in [6.07, 6.45) is 10.7. The Labute approximate surface area is 153 Å². The lowest BCUT2D eigenvalue weighted by molar-refractivity contribution is 0.463. The number of para-hydroxylation sites is 1. The molecule has 1 aromatic heterocycles. The van der Waals surface area contributed by atoms with Crippen molar-refractivity contribution in [3.05, 3.63) is 72.5 Å². The van der Waals surface area contributed by atoms with E-state index in [0.29, 0.717) is 12.4 Å². The molecule has 0 amide bonds. The molecule has 2 aromatic rings. The second kappa shape index (κ2) is 8.87. The molecule has 5 heteroatoms. The minimum atomic E-state index is 0.167. The van der Waals surface area contributed by atoms with Crippen molar-refractivity contribution >= 4 is 17.6 Å². The Kier molecular flexibility index (Phi) is 6.06. The Hall–Kier alpha value is -3.05. The highest BCUT2D eigenvalue weighted by Crippen LogP contribution is 2.31. The fourth-order valence-electron chi connectivity index (χ4n) is 2.95. The van der Waals surface area contributed by atoms with Crippen molar-refractivity contribution in [1.29, 1.82) is 5.41 Å². The lowest BCUT2D eigenvalue weighted by atomic mass is 9.84. The van der Waals surface area contributed by atoms with Crippen molar-refractivity contribution < 1.29 is 4.74 Å². The van der Waals surface area contributed by atoms with E-state index in [1.807, 2.05) is 54.7 Å². The second-order valence-electron chi connectivity index (χ2n) is 5.96. The molecule has 1 aliphatic rings. The fourth-order valence-corrected chi connectivity index (χ4v) is 2.95. The summed E-state index contributed by atoms with van der Waals surface area (Å²) in [6.45, 7) is 0.500. The molecule has 1 unspecified atom stereocenters. The van der Waals surface area contributed by atoms with Crippen LogP contribution >= 0.6 is 0 Å². The van der Waals surface area contributed by atoms with Gasteiger partial charge in [0.2, 0.25) is 5.88 Å². The average Bonchev–Trinajstić information content (AvgIpc) is 2.69. The third-order valence-corrected chi connectivity index (χ3v) is 4.23. The van der Waals surface area contributed by atoms with E-state index in [2.05, 4.69) is 22.1 Å². The van der Waals surface area contributed by atoms with Gasteiger partial charge in [0, 0.05) is 36.9 Å². The quantitative estimate of drug-likeness (QED) is 0.466. The number of pyridine rings is 1. The molecule has 0 spiro atoms. The van der Waals surface area contributed by atoms with E-state index >= 15 is 0 Å². The SMILES string of the molecule is N=CN=C1CC=C(c2ccc(Oc3ccccc3)nc2)CC1/C=C/CN. The number of rotatable bonds is 6. The molecule has 132 valence electrons. The number of aliphatic imine (C=N–C) groups is 1. The molecular formula is C21H22N4O. The largest absolute Gasteiger partial charge is 0.439 e. The molecule has 3 N–H and O–H groups in total.